The van der Waals surface area contributed by atoms with Crippen molar-refractivity contribution in [2.75, 3.05) is 6.61 Å². The third-order valence-corrected chi connectivity index (χ3v) is 5.10. The van der Waals surface area contributed by atoms with E-state index in [1.54, 1.807) is 0 Å². The van der Waals surface area contributed by atoms with E-state index in [0.717, 1.165) is 28.1 Å². The van der Waals surface area contributed by atoms with Gasteiger partial charge in [0.1, 0.15) is 23.7 Å². The van der Waals surface area contributed by atoms with E-state index in [0.29, 0.717) is 17.4 Å². The highest BCUT2D eigenvalue weighted by atomic mass is 16.5. The molecule has 0 unspecified atom stereocenters. The molecule has 0 spiro atoms. The Morgan fingerprint density at radius 1 is 1.18 bits per heavy atom. The smallest absolute Gasteiger partial charge is 0.197 e. The van der Waals surface area contributed by atoms with Crippen LogP contribution in [0, 0.1) is 0 Å². The lowest BCUT2D eigenvalue weighted by Gasteiger charge is -2.29. The van der Waals surface area contributed by atoms with Gasteiger partial charge in [-0.15, -0.1) is 0 Å². The predicted octanol–water partition coefficient (Wildman–Crippen LogP) is 5.22. The second-order valence-corrected chi connectivity index (χ2v) is 8.07. The number of hydrogen-bond acceptors (Lipinski definition) is 3. The van der Waals surface area contributed by atoms with Gasteiger partial charge in [-0.3, -0.25) is 4.79 Å². The van der Waals surface area contributed by atoms with Crippen molar-refractivity contribution in [2.24, 2.45) is 7.05 Å². The molecule has 28 heavy (non-hydrogen) atoms. The van der Waals surface area contributed by atoms with Crippen molar-refractivity contribution in [2.45, 2.75) is 33.3 Å². The number of pyridine rings is 1. The molecule has 4 heteroatoms. The van der Waals surface area contributed by atoms with Gasteiger partial charge in [0.25, 0.3) is 0 Å². The highest BCUT2D eigenvalue weighted by Gasteiger charge is 2.24. The molecule has 0 saturated carbocycles. The van der Waals surface area contributed by atoms with E-state index in [-0.39, 0.29) is 11.0 Å². The Labute approximate surface area is 164 Å². The van der Waals surface area contributed by atoms with Gasteiger partial charge < -0.3 is 14.0 Å². The van der Waals surface area contributed by atoms with E-state index in [4.69, 9.17) is 9.47 Å². The first-order chi connectivity index (χ1) is 13.3. The first-order valence-corrected chi connectivity index (χ1v) is 9.51. The number of ether oxygens (including phenoxy) is 2. The van der Waals surface area contributed by atoms with Crippen LogP contribution in [0.4, 0.5) is 0 Å². The molecular formula is C24H25NO3. The van der Waals surface area contributed by atoms with Crippen LogP contribution in [0.2, 0.25) is 0 Å². The summed E-state index contributed by atoms with van der Waals surface area (Å²) in [5.41, 5.74) is 3.54. The summed E-state index contributed by atoms with van der Waals surface area (Å²) in [6.07, 6.45) is 6.12. The molecule has 0 saturated heterocycles. The van der Waals surface area contributed by atoms with Crippen molar-refractivity contribution in [1.82, 2.24) is 4.57 Å². The van der Waals surface area contributed by atoms with Crippen LogP contribution in [-0.4, -0.2) is 16.8 Å². The molecule has 3 aromatic rings. The summed E-state index contributed by atoms with van der Waals surface area (Å²) in [6.45, 7) is 8.63. The summed E-state index contributed by atoms with van der Waals surface area (Å²) in [5, 5.41) is 1.38. The number of rotatable bonds is 3. The van der Waals surface area contributed by atoms with Gasteiger partial charge in [-0.25, -0.2) is 0 Å². The topological polar surface area (TPSA) is 40.5 Å². The van der Waals surface area contributed by atoms with E-state index in [9.17, 15) is 4.79 Å². The minimum atomic E-state index is -0.359. The molecule has 1 aliphatic rings. The Balaban J connectivity index is 1.94. The van der Waals surface area contributed by atoms with Gasteiger partial charge in [0, 0.05) is 29.4 Å². The molecule has 0 atom stereocenters. The van der Waals surface area contributed by atoms with E-state index in [1.807, 2.05) is 77.2 Å². The summed E-state index contributed by atoms with van der Waals surface area (Å²) >= 11 is 0. The predicted molar refractivity (Wildman–Crippen MR) is 115 cm³/mol. The summed E-state index contributed by atoms with van der Waals surface area (Å²) in [7, 11) is 1.98. The Morgan fingerprint density at radius 3 is 2.68 bits per heavy atom. The quantitative estimate of drug-likeness (QED) is 0.465. The van der Waals surface area contributed by atoms with Crippen LogP contribution in [0.1, 0.15) is 33.3 Å². The highest BCUT2D eigenvalue weighted by Crippen LogP contribution is 2.36. The molecule has 4 nitrogen and oxygen atoms in total. The monoisotopic (exact) mass is 375 g/mol. The minimum Gasteiger partial charge on any atom is -0.489 e. The first-order valence-electron chi connectivity index (χ1n) is 9.51. The maximum atomic E-state index is 13.1. The zero-order valence-corrected chi connectivity index (χ0v) is 17.0. The van der Waals surface area contributed by atoms with Crippen molar-refractivity contribution >= 4 is 27.9 Å². The summed E-state index contributed by atoms with van der Waals surface area (Å²) < 4.78 is 14.0. The van der Waals surface area contributed by atoms with Crippen LogP contribution in [0.3, 0.4) is 0 Å². The van der Waals surface area contributed by atoms with Crippen molar-refractivity contribution < 1.29 is 9.47 Å². The average Bonchev–Trinajstić information content (AvgIpc) is 2.64. The zero-order valence-electron chi connectivity index (χ0n) is 17.0. The third kappa shape index (κ3) is 3.09. The summed E-state index contributed by atoms with van der Waals surface area (Å²) in [5.74, 6) is 1.54. The Kier molecular flexibility index (Phi) is 4.30. The van der Waals surface area contributed by atoms with Gasteiger partial charge >= 0.3 is 0 Å². The van der Waals surface area contributed by atoms with Crippen molar-refractivity contribution in [3.63, 3.8) is 0 Å². The maximum absolute atomic E-state index is 13.1. The largest absolute Gasteiger partial charge is 0.489 e. The summed E-state index contributed by atoms with van der Waals surface area (Å²) in [6, 6.07) is 9.41. The second-order valence-electron chi connectivity index (χ2n) is 8.07. The van der Waals surface area contributed by atoms with Gasteiger partial charge in [0.2, 0.25) is 0 Å². The molecule has 1 aromatic heterocycles. The Morgan fingerprint density at radius 2 is 1.93 bits per heavy atom. The lowest BCUT2D eigenvalue weighted by atomic mass is 9.98. The van der Waals surface area contributed by atoms with Crippen LogP contribution in [-0.2, 0) is 7.05 Å². The molecule has 2 heterocycles. The van der Waals surface area contributed by atoms with Crippen LogP contribution >= 0.6 is 0 Å². The van der Waals surface area contributed by atoms with Crippen LogP contribution in [0.5, 0.6) is 11.5 Å². The van der Waals surface area contributed by atoms with Crippen LogP contribution in [0.15, 0.2) is 52.9 Å². The van der Waals surface area contributed by atoms with Gasteiger partial charge in [-0.1, -0.05) is 5.57 Å². The first kappa shape index (κ1) is 18.4. The molecule has 1 aliphatic heterocycles. The van der Waals surface area contributed by atoms with E-state index in [2.05, 4.69) is 10.6 Å². The molecule has 0 radical (unpaired) electrons. The minimum absolute atomic E-state index is 0.0278. The zero-order chi connectivity index (χ0) is 20.1. The maximum Gasteiger partial charge on any atom is 0.197 e. The molecule has 2 aromatic carbocycles. The number of aryl methyl sites for hydroxylation is 1. The highest BCUT2D eigenvalue weighted by molar-refractivity contribution is 5.99. The molecular weight excluding hydrogens is 350 g/mol. The third-order valence-electron chi connectivity index (χ3n) is 5.10. The number of benzene rings is 2. The molecule has 0 bridgehead atoms. The van der Waals surface area contributed by atoms with Gasteiger partial charge in [0.05, 0.1) is 11.0 Å². The lowest BCUT2D eigenvalue weighted by Crippen LogP contribution is -2.27. The van der Waals surface area contributed by atoms with Crippen molar-refractivity contribution in [1.29, 1.82) is 0 Å². The fourth-order valence-corrected chi connectivity index (χ4v) is 3.63. The fraction of sp³-hybridized carbons (Fsp3) is 0.292. The Hall–Kier alpha value is -3.01. The molecule has 0 N–H and O–H groups in total. The normalized spacial score (nSPS) is 14.6. The standard InChI is InChI=1S/C24H25NO3/c1-15(2)11-13-27-16-6-7-17-20(14-16)25(5)22-18-10-12-24(3,4)28-21(18)9-8-19(22)23(17)26/h6-12,14H,13H2,1-5H3. The van der Waals surface area contributed by atoms with Crippen LogP contribution < -0.4 is 14.9 Å². The van der Waals surface area contributed by atoms with Crippen molar-refractivity contribution in [3.05, 3.63) is 63.8 Å². The molecule has 0 fully saturated rings. The Bertz CT molecular complexity index is 1210. The van der Waals surface area contributed by atoms with Gasteiger partial charge in [-0.2, -0.15) is 0 Å². The number of fused-ring (bicyclic) bond motifs is 4. The van der Waals surface area contributed by atoms with Crippen molar-refractivity contribution in [3.8, 4) is 11.5 Å². The molecule has 4 rings (SSSR count). The van der Waals surface area contributed by atoms with Crippen LogP contribution in [0.25, 0.3) is 27.9 Å². The van der Waals surface area contributed by atoms with E-state index < -0.39 is 0 Å². The number of aromatic nitrogens is 1. The number of nitrogens with zero attached hydrogens (tertiary/aromatic N) is 1. The van der Waals surface area contributed by atoms with Gasteiger partial charge in [0.15, 0.2) is 5.43 Å². The average molecular weight is 375 g/mol. The SMILES string of the molecule is CC(C)=CCOc1ccc2c(=O)c3ccc4c(c3n(C)c2c1)C=CC(C)(C)O4. The molecule has 144 valence electrons. The number of allylic oxidation sites excluding steroid dienone is 1. The molecule has 0 aliphatic carbocycles. The van der Waals surface area contributed by atoms with E-state index in [1.165, 1.54) is 5.57 Å². The van der Waals surface area contributed by atoms with E-state index >= 15 is 0 Å². The lowest BCUT2D eigenvalue weighted by molar-refractivity contribution is 0.159. The number of hydrogen-bond donors (Lipinski definition) is 0. The fourth-order valence-electron chi connectivity index (χ4n) is 3.63. The summed E-state index contributed by atoms with van der Waals surface area (Å²) in [4.78, 5) is 13.1. The molecule has 0 amide bonds. The second kappa shape index (κ2) is 6.55. The van der Waals surface area contributed by atoms with Gasteiger partial charge in [-0.05, 0) is 70.2 Å².